The number of carbonyl (C=O) groups is 4. The van der Waals surface area contributed by atoms with Gasteiger partial charge < -0.3 is 35.4 Å². The largest absolute Gasteiger partial charge is 0.480 e. The number of ether oxygens (including phenoxy) is 2. The average Bonchev–Trinajstić information content (AvgIpc) is 3.47. The first-order valence-corrected chi connectivity index (χ1v) is 14.2. The number of benzene rings is 2. The number of alkyl halides is 3. The molecular formula is C31H32F3N5O7. The number of carboxylic acids is 1. The van der Waals surface area contributed by atoms with Crippen LogP contribution in [0.2, 0.25) is 0 Å². The quantitative estimate of drug-likeness (QED) is 0.219. The number of amides is 3. The summed E-state index contributed by atoms with van der Waals surface area (Å²) < 4.78 is 50.2. The van der Waals surface area contributed by atoms with Crippen LogP contribution in [0.4, 0.5) is 23.8 Å². The van der Waals surface area contributed by atoms with Crippen LogP contribution in [0.25, 0.3) is 0 Å². The van der Waals surface area contributed by atoms with E-state index in [1.165, 1.54) is 4.90 Å². The van der Waals surface area contributed by atoms with Gasteiger partial charge in [-0.3, -0.25) is 9.59 Å². The minimum atomic E-state index is -4.69. The van der Waals surface area contributed by atoms with Gasteiger partial charge in [0.2, 0.25) is 5.91 Å². The first kappa shape index (κ1) is 33.7. The van der Waals surface area contributed by atoms with Crippen molar-refractivity contribution >= 4 is 29.7 Å². The molecule has 15 heteroatoms. The summed E-state index contributed by atoms with van der Waals surface area (Å²) in [6.07, 6.45) is -3.82. The molecule has 0 aliphatic carbocycles. The van der Waals surface area contributed by atoms with E-state index in [0.717, 1.165) is 23.8 Å². The van der Waals surface area contributed by atoms with Crippen molar-refractivity contribution in [2.24, 2.45) is 0 Å². The highest BCUT2D eigenvalue weighted by Crippen LogP contribution is 2.29. The summed E-state index contributed by atoms with van der Waals surface area (Å²) in [5, 5.41) is 17.1. The number of aliphatic carboxylic acids is 1. The van der Waals surface area contributed by atoms with Crippen LogP contribution in [-0.2, 0) is 31.8 Å². The van der Waals surface area contributed by atoms with E-state index in [1.807, 2.05) is 36.4 Å². The van der Waals surface area contributed by atoms with Gasteiger partial charge in [0.05, 0.1) is 24.3 Å². The highest BCUT2D eigenvalue weighted by atomic mass is 19.4. The molecule has 0 saturated carbocycles. The summed E-state index contributed by atoms with van der Waals surface area (Å²) in [4.78, 5) is 55.4. The lowest BCUT2D eigenvalue weighted by atomic mass is 10.1. The molecule has 0 bridgehead atoms. The van der Waals surface area contributed by atoms with E-state index in [0.29, 0.717) is 24.8 Å². The van der Waals surface area contributed by atoms with Crippen LogP contribution in [-0.4, -0.2) is 83.3 Å². The van der Waals surface area contributed by atoms with Gasteiger partial charge in [0.1, 0.15) is 25.1 Å². The number of likely N-dealkylation sites (tertiary alicyclic amines) is 1. The van der Waals surface area contributed by atoms with Gasteiger partial charge in [0.15, 0.2) is 0 Å². The summed E-state index contributed by atoms with van der Waals surface area (Å²) in [6.45, 7) is -0.511. The minimum Gasteiger partial charge on any atom is -0.480 e. The maximum Gasteiger partial charge on any atom is 0.416 e. The fourth-order valence-electron chi connectivity index (χ4n) is 4.64. The number of hydrogen-bond donors (Lipinski definition) is 4. The van der Waals surface area contributed by atoms with Gasteiger partial charge in [-0.15, -0.1) is 0 Å². The van der Waals surface area contributed by atoms with Gasteiger partial charge in [-0.25, -0.2) is 14.6 Å². The van der Waals surface area contributed by atoms with E-state index in [4.69, 9.17) is 9.47 Å². The Hall–Kier alpha value is -5.18. The lowest BCUT2D eigenvalue weighted by molar-refractivity contribution is -0.139. The van der Waals surface area contributed by atoms with Crippen molar-refractivity contribution in [3.05, 3.63) is 95.7 Å². The van der Waals surface area contributed by atoms with Crippen LogP contribution >= 0.6 is 0 Å². The third-order valence-electron chi connectivity index (χ3n) is 7.01. The summed E-state index contributed by atoms with van der Waals surface area (Å²) in [7, 11) is 0. The van der Waals surface area contributed by atoms with Crippen molar-refractivity contribution in [3.63, 3.8) is 0 Å². The molecule has 1 aliphatic rings. The molecular weight excluding hydrogens is 611 g/mol. The number of carboxylic acid groups (broad SMARTS) is 1. The molecule has 4 rings (SSSR count). The molecule has 0 radical (unpaired) electrons. The first-order chi connectivity index (χ1) is 22.0. The Morgan fingerprint density at radius 2 is 1.78 bits per heavy atom. The topological polar surface area (TPSA) is 159 Å². The van der Waals surface area contributed by atoms with E-state index in [1.54, 1.807) is 18.3 Å². The maximum absolute atomic E-state index is 13.0. The monoisotopic (exact) mass is 643 g/mol. The fraction of sp³-hybridized carbons (Fsp3) is 0.323. The normalized spacial score (nSPS) is 16.7. The Kier molecular flexibility index (Phi) is 11.5. The second-order valence-corrected chi connectivity index (χ2v) is 10.4. The number of nitrogens with one attached hydrogen (secondary N) is 3. The molecule has 0 spiro atoms. The zero-order chi connectivity index (χ0) is 33.1. The second-order valence-electron chi connectivity index (χ2n) is 10.4. The number of pyridine rings is 1. The summed E-state index contributed by atoms with van der Waals surface area (Å²) in [6, 6.07) is 16.0. The van der Waals surface area contributed by atoms with Crippen LogP contribution in [0.3, 0.4) is 0 Å². The van der Waals surface area contributed by atoms with Crippen LogP contribution in [0.15, 0.2) is 79.0 Å². The van der Waals surface area contributed by atoms with Crippen LogP contribution < -0.4 is 16.0 Å². The van der Waals surface area contributed by atoms with Gasteiger partial charge in [0.25, 0.3) is 5.91 Å². The molecule has 3 aromatic rings. The Morgan fingerprint density at radius 3 is 2.48 bits per heavy atom. The van der Waals surface area contributed by atoms with Crippen LogP contribution in [0.5, 0.6) is 0 Å². The number of rotatable bonds is 13. The third kappa shape index (κ3) is 9.92. The third-order valence-corrected chi connectivity index (χ3v) is 7.01. The summed E-state index contributed by atoms with van der Waals surface area (Å²) in [5.74, 6) is -2.66. The fourth-order valence-corrected chi connectivity index (χ4v) is 4.64. The zero-order valence-electron chi connectivity index (χ0n) is 24.4. The van der Waals surface area contributed by atoms with Crippen molar-refractivity contribution in [2.75, 3.05) is 31.6 Å². The Bertz CT molecular complexity index is 1490. The standard InChI is InChI=1S/C31H32F3N5O7/c32-31(33,34)22-10-6-9-21(13-22)28(41)38-25(29(42)43)16-37-27(40)19-45-24-14-23(15-36-26-11-4-5-12-35-26)39(17-24)30(44)46-18-20-7-2-1-3-8-20/h1-13,23-25H,14-19H2,(H,35,36)(H,37,40)(H,38,41)(H,42,43). The number of halogens is 3. The molecule has 1 aliphatic heterocycles. The SMILES string of the molecule is O=C(COC1CC(CNc2ccccn2)N(C(=O)OCc2ccccc2)C1)NCC(NC(=O)c1cccc(C(F)(F)F)c1)C(=O)O. The number of anilines is 1. The van der Waals surface area contributed by atoms with E-state index in [2.05, 4.69) is 20.9 Å². The predicted molar refractivity (Wildman–Crippen MR) is 158 cm³/mol. The van der Waals surface area contributed by atoms with E-state index >= 15 is 0 Å². The molecule has 4 N–H and O–H groups in total. The first-order valence-electron chi connectivity index (χ1n) is 14.2. The number of nitrogens with zero attached hydrogens (tertiary/aromatic N) is 2. The van der Waals surface area contributed by atoms with Gasteiger partial charge in [-0.05, 0) is 42.3 Å². The van der Waals surface area contributed by atoms with Crippen molar-refractivity contribution in [2.45, 2.75) is 37.4 Å². The number of hydrogen-bond acceptors (Lipinski definition) is 8. The molecule has 244 valence electrons. The van der Waals surface area contributed by atoms with Gasteiger partial charge >= 0.3 is 18.2 Å². The molecule has 3 amide bonds. The highest BCUT2D eigenvalue weighted by Gasteiger charge is 2.37. The Labute approximate surface area is 261 Å². The highest BCUT2D eigenvalue weighted by molar-refractivity contribution is 5.97. The molecule has 3 atom stereocenters. The van der Waals surface area contributed by atoms with Crippen LogP contribution in [0.1, 0.15) is 27.9 Å². The Balaban J connectivity index is 1.29. The minimum absolute atomic E-state index is 0.0690. The van der Waals surface area contributed by atoms with Crippen molar-refractivity contribution in [3.8, 4) is 0 Å². The van der Waals surface area contributed by atoms with E-state index in [-0.39, 0.29) is 19.2 Å². The molecule has 1 saturated heterocycles. The van der Waals surface area contributed by atoms with Crippen molar-refractivity contribution < 1.29 is 46.9 Å². The lowest BCUT2D eigenvalue weighted by Gasteiger charge is -2.24. The van der Waals surface area contributed by atoms with Gasteiger partial charge in [0, 0.05) is 24.8 Å². The zero-order valence-corrected chi connectivity index (χ0v) is 24.4. The predicted octanol–water partition coefficient (Wildman–Crippen LogP) is 3.31. The molecule has 46 heavy (non-hydrogen) atoms. The van der Waals surface area contributed by atoms with Crippen molar-refractivity contribution in [1.82, 2.24) is 20.5 Å². The van der Waals surface area contributed by atoms with Gasteiger partial charge in [-0.1, -0.05) is 42.5 Å². The molecule has 1 fully saturated rings. The average molecular weight is 644 g/mol. The van der Waals surface area contributed by atoms with Crippen molar-refractivity contribution in [1.29, 1.82) is 0 Å². The summed E-state index contributed by atoms with van der Waals surface area (Å²) in [5.41, 5.74) is -0.647. The molecule has 2 aromatic carbocycles. The molecule has 12 nitrogen and oxygen atoms in total. The summed E-state index contributed by atoms with van der Waals surface area (Å²) >= 11 is 0. The lowest BCUT2D eigenvalue weighted by Crippen LogP contribution is -2.49. The molecule has 3 unspecified atom stereocenters. The maximum atomic E-state index is 13.0. The molecule has 1 aromatic heterocycles. The Morgan fingerprint density at radius 1 is 1.02 bits per heavy atom. The van der Waals surface area contributed by atoms with Crippen LogP contribution in [0, 0.1) is 0 Å². The second kappa shape index (κ2) is 15.7. The molecule has 2 heterocycles. The number of carbonyl (C=O) groups excluding carboxylic acids is 3. The van der Waals surface area contributed by atoms with E-state index < -0.39 is 66.5 Å². The smallest absolute Gasteiger partial charge is 0.416 e. The van der Waals surface area contributed by atoms with E-state index in [9.17, 15) is 37.5 Å². The number of aromatic nitrogens is 1. The van der Waals surface area contributed by atoms with Gasteiger partial charge in [-0.2, -0.15) is 13.2 Å².